The maximum Gasteiger partial charge on any atom is 0.225 e. The molecule has 1 atom stereocenters. The first-order valence-corrected chi connectivity index (χ1v) is 7.67. The molecule has 0 saturated heterocycles. The number of benzene rings is 2. The van der Waals surface area contributed by atoms with Gasteiger partial charge in [0.1, 0.15) is 0 Å². The zero-order chi connectivity index (χ0) is 15.4. The van der Waals surface area contributed by atoms with Gasteiger partial charge in [0.05, 0.1) is 5.69 Å². The molecular formula is C17H19BrN2O. The number of hydrogen-bond acceptors (Lipinski definition) is 2. The predicted molar refractivity (Wildman–Crippen MR) is 91.4 cm³/mol. The number of aryl methyl sites for hydroxylation is 1. The third kappa shape index (κ3) is 4.08. The zero-order valence-corrected chi connectivity index (χ0v) is 13.8. The van der Waals surface area contributed by atoms with Gasteiger partial charge in [-0.1, -0.05) is 31.2 Å². The summed E-state index contributed by atoms with van der Waals surface area (Å²) in [6.45, 7) is 4.03. The quantitative estimate of drug-likeness (QED) is 0.802. The van der Waals surface area contributed by atoms with Crippen LogP contribution in [0.15, 0.2) is 46.9 Å². The van der Waals surface area contributed by atoms with E-state index in [1.165, 1.54) is 0 Å². The standard InChI is InChI=1S/C17H19BrN2O/c1-11-4-3-5-15(17(11)18)20-16(21)10-12(2)13-6-8-14(19)9-7-13/h3-9,12H,10,19H2,1-2H3,(H,20,21). The molecule has 2 rings (SSSR count). The molecule has 3 nitrogen and oxygen atoms in total. The van der Waals surface area contributed by atoms with Gasteiger partial charge in [0, 0.05) is 16.6 Å². The Morgan fingerprint density at radius 2 is 1.90 bits per heavy atom. The Kier molecular flexibility index (Phi) is 5.02. The second-order valence-electron chi connectivity index (χ2n) is 5.26. The summed E-state index contributed by atoms with van der Waals surface area (Å²) in [5, 5.41) is 2.95. The van der Waals surface area contributed by atoms with Crippen LogP contribution in [0.2, 0.25) is 0 Å². The molecule has 1 amide bonds. The van der Waals surface area contributed by atoms with Crippen LogP contribution in [0.1, 0.15) is 30.4 Å². The first kappa shape index (κ1) is 15.6. The van der Waals surface area contributed by atoms with Crippen molar-refractivity contribution in [3.05, 3.63) is 58.1 Å². The van der Waals surface area contributed by atoms with Crippen molar-refractivity contribution in [2.75, 3.05) is 11.1 Å². The number of rotatable bonds is 4. The van der Waals surface area contributed by atoms with Crippen LogP contribution in [-0.4, -0.2) is 5.91 Å². The van der Waals surface area contributed by atoms with E-state index in [1.54, 1.807) is 0 Å². The second kappa shape index (κ2) is 6.76. The van der Waals surface area contributed by atoms with Gasteiger partial charge in [-0.15, -0.1) is 0 Å². The Balaban J connectivity index is 2.01. The summed E-state index contributed by atoms with van der Waals surface area (Å²) in [6, 6.07) is 13.5. The molecule has 2 aromatic carbocycles. The van der Waals surface area contributed by atoms with Crippen LogP contribution in [0.5, 0.6) is 0 Å². The number of nitrogens with two attached hydrogens (primary N) is 1. The van der Waals surface area contributed by atoms with Crippen LogP contribution in [0.25, 0.3) is 0 Å². The van der Waals surface area contributed by atoms with Crippen LogP contribution in [-0.2, 0) is 4.79 Å². The maximum absolute atomic E-state index is 12.2. The molecule has 0 aliphatic carbocycles. The molecule has 0 aromatic heterocycles. The Hall–Kier alpha value is -1.81. The molecule has 0 aliphatic heterocycles. The number of carbonyl (C=O) groups excluding carboxylic acids is 1. The second-order valence-corrected chi connectivity index (χ2v) is 6.05. The van der Waals surface area contributed by atoms with Crippen LogP contribution in [0, 0.1) is 6.92 Å². The van der Waals surface area contributed by atoms with Crippen molar-refractivity contribution in [3.8, 4) is 0 Å². The van der Waals surface area contributed by atoms with Gasteiger partial charge in [-0.05, 0) is 58.1 Å². The number of amides is 1. The SMILES string of the molecule is Cc1cccc(NC(=O)CC(C)c2ccc(N)cc2)c1Br. The highest BCUT2D eigenvalue weighted by Crippen LogP contribution is 2.27. The number of carbonyl (C=O) groups is 1. The predicted octanol–water partition coefficient (Wildman–Crippen LogP) is 4.47. The Bertz CT molecular complexity index is 638. The van der Waals surface area contributed by atoms with Gasteiger partial charge in [0.2, 0.25) is 5.91 Å². The van der Waals surface area contributed by atoms with E-state index in [1.807, 2.05) is 56.3 Å². The minimum absolute atomic E-state index is 0.00521. The fraction of sp³-hybridized carbons (Fsp3) is 0.235. The minimum Gasteiger partial charge on any atom is -0.399 e. The molecule has 110 valence electrons. The van der Waals surface area contributed by atoms with Crippen molar-refractivity contribution < 1.29 is 4.79 Å². The number of nitrogens with one attached hydrogen (secondary N) is 1. The Morgan fingerprint density at radius 3 is 2.57 bits per heavy atom. The summed E-state index contributed by atoms with van der Waals surface area (Å²) in [5.74, 6) is 0.153. The Morgan fingerprint density at radius 1 is 1.24 bits per heavy atom. The van der Waals surface area contributed by atoms with Gasteiger partial charge in [-0.2, -0.15) is 0 Å². The van der Waals surface area contributed by atoms with Crippen molar-refractivity contribution in [2.45, 2.75) is 26.2 Å². The highest BCUT2D eigenvalue weighted by atomic mass is 79.9. The molecule has 3 N–H and O–H groups in total. The molecule has 4 heteroatoms. The molecule has 0 aliphatic rings. The highest BCUT2D eigenvalue weighted by molar-refractivity contribution is 9.10. The lowest BCUT2D eigenvalue weighted by Crippen LogP contribution is -2.15. The van der Waals surface area contributed by atoms with E-state index in [0.29, 0.717) is 6.42 Å². The van der Waals surface area contributed by atoms with E-state index >= 15 is 0 Å². The molecular weight excluding hydrogens is 328 g/mol. The molecule has 0 fully saturated rings. The van der Waals surface area contributed by atoms with Gasteiger partial charge in [-0.3, -0.25) is 4.79 Å². The van der Waals surface area contributed by atoms with E-state index in [9.17, 15) is 4.79 Å². The molecule has 0 bridgehead atoms. The average Bonchev–Trinajstić information content (AvgIpc) is 2.44. The van der Waals surface area contributed by atoms with Crippen LogP contribution in [0.4, 0.5) is 11.4 Å². The number of halogens is 1. The van der Waals surface area contributed by atoms with Crippen LogP contribution < -0.4 is 11.1 Å². The summed E-state index contributed by atoms with van der Waals surface area (Å²) in [5.41, 5.74) is 9.43. The average molecular weight is 347 g/mol. The molecule has 0 radical (unpaired) electrons. The van der Waals surface area contributed by atoms with E-state index < -0.39 is 0 Å². The molecule has 0 heterocycles. The number of nitrogen functional groups attached to an aromatic ring is 1. The molecule has 1 unspecified atom stereocenters. The van der Waals surface area contributed by atoms with Gasteiger partial charge in [-0.25, -0.2) is 0 Å². The first-order chi connectivity index (χ1) is 9.97. The van der Waals surface area contributed by atoms with Crippen molar-refractivity contribution in [1.82, 2.24) is 0 Å². The number of anilines is 2. The van der Waals surface area contributed by atoms with E-state index in [-0.39, 0.29) is 11.8 Å². The summed E-state index contributed by atoms with van der Waals surface area (Å²) >= 11 is 3.50. The van der Waals surface area contributed by atoms with E-state index in [0.717, 1.165) is 27.0 Å². The van der Waals surface area contributed by atoms with Crippen LogP contribution in [0.3, 0.4) is 0 Å². The minimum atomic E-state index is 0.00521. The zero-order valence-electron chi connectivity index (χ0n) is 12.2. The summed E-state index contributed by atoms with van der Waals surface area (Å²) in [6.07, 6.45) is 0.435. The topological polar surface area (TPSA) is 55.1 Å². The van der Waals surface area contributed by atoms with Crippen molar-refractivity contribution >= 4 is 33.2 Å². The van der Waals surface area contributed by atoms with E-state index in [4.69, 9.17) is 5.73 Å². The van der Waals surface area contributed by atoms with Gasteiger partial charge in [0.15, 0.2) is 0 Å². The fourth-order valence-electron chi connectivity index (χ4n) is 2.17. The smallest absolute Gasteiger partial charge is 0.225 e. The summed E-state index contributed by atoms with van der Waals surface area (Å²) in [7, 11) is 0. The monoisotopic (exact) mass is 346 g/mol. The van der Waals surface area contributed by atoms with Gasteiger partial charge < -0.3 is 11.1 Å². The van der Waals surface area contributed by atoms with Crippen molar-refractivity contribution in [1.29, 1.82) is 0 Å². The third-order valence-corrected chi connectivity index (χ3v) is 4.52. The summed E-state index contributed by atoms with van der Waals surface area (Å²) < 4.78 is 0.929. The normalized spacial score (nSPS) is 12.0. The van der Waals surface area contributed by atoms with E-state index in [2.05, 4.69) is 21.2 Å². The lowest BCUT2D eigenvalue weighted by atomic mass is 9.97. The fourth-order valence-corrected chi connectivity index (χ4v) is 2.53. The van der Waals surface area contributed by atoms with Crippen molar-refractivity contribution in [2.24, 2.45) is 0 Å². The molecule has 0 spiro atoms. The lowest BCUT2D eigenvalue weighted by molar-refractivity contribution is -0.116. The highest BCUT2D eigenvalue weighted by Gasteiger charge is 2.13. The maximum atomic E-state index is 12.2. The van der Waals surface area contributed by atoms with Gasteiger partial charge in [0.25, 0.3) is 0 Å². The molecule has 21 heavy (non-hydrogen) atoms. The van der Waals surface area contributed by atoms with Crippen molar-refractivity contribution in [3.63, 3.8) is 0 Å². The lowest BCUT2D eigenvalue weighted by Gasteiger charge is -2.13. The largest absolute Gasteiger partial charge is 0.399 e. The third-order valence-electron chi connectivity index (χ3n) is 3.46. The molecule has 0 saturated carbocycles. The summed E-state index contributed by atoms with van der Waals surface area (Å²) in [4.78, 5) is 12.2. The Labute approximate surface area is 133 Å². The number of hydrogen-bond donors (Lipinski definition) is 2. The van der Waals surface area contributed by atoms with Gasteiger partial charge >= 0.3 is 0 Å². The molecule has 2 aromatic rings. The van der Waals surface area contributed by atoms with Crippen LogP contribution >= 0.6 is 15.9 Å². The first-order valence-electron chi connectivity index (χ1n) is 6.87.